The molecular weight excluding hydrogens is 224 g/mol. The first-order valence-electron chi connectivity index (χ1n) is 7.70. The van der Waals surface area contributed by atoms with Gasteiger partial charge in [0.05, 0.1) is 6.04 Å². The second-order valence-corrected chi connectivity index (χ2v) is 6.13. The maximum absolute atomic E-state index is 12.6. The topological polar surface area (TPSA) is 32.3 Å². The predicted octanol–water partition coefficient (Wildman–Crippen LogP) is 2.56. The van der Waals surface area contributed by atoms with Gasteiger partial charge in [0.25, 0.3) is 0 Å². The molecule has 3 atom stereocenters. The Morgan fingerprint density at radius 2 is 1.78 bits per heavy atom. The van der Waals surface area contributed by atoms with E-state index in [1.165, 1.54) is 44.9 Å². The van der Waals surface area contributed by atoms with Crippen LogP contribution in [0.15, 0.2) is 0 Å². The maximum Gasteiger partial charge on any atom is 0.239 e. The fourth-order valence-corrected chi connectivity index (χ4v) is 3.52. The molecular formula is C15H28N2O. The van der Waals surface area contributed by atoms with Crippen molar-refractivity contribution >= 4 is 5.91 Å². The largest absolute Gasteiger partial charge is 0.341 e. The third-order valence-electron chi connectivity index (χ3n) is 4.77. The zero-order valence-electron chi connectivity index (χ0n) is 12.0. The van der Waals surface area contributed by atoms with Crippen molar-refractivity contribution < 1.29 is 4.79 Å². The van der Waals surface area contributed by atoms with Crippen molar-refractivity contribution in [1.29, 1.82) is 0 Å². The van der Waals surface area contributed by atoms with E-state index in [1.807, 2.05) is 11.9 Å². The van der Waals surface area contributed by atoms with E-state index >= 15 is 0 Å². The van der Waals surface area contributed by atoms with Gasteiger partial charge in [-0.1, -0.05) is 32.6 Å². The highest BCUT2D eigenvalue weighted by molar-refractivity contribution is 5.82. The lowest BCUT2D eigenvalue weighted by molar-refractivity contribution is -0.136. The van der Waals surface area contributed by atoms with Gasteiger partial charge in [-0.3, -0.25) is 4.79 Å². The van der Waals surface area contributed by atoms with Gasteiger partial charge in [0.15, 0.2) is 0 Å². The SMILES string of the molecule is CC1CCCCC1N(C)C(=O)C1CCCCCN1. The van der Waals surface area contributed by atoms with E-state index in [9.17, 15) is 4.79 Å². The van der Waals surface area contributed by atoms with Crippen molar-refractivity contribution in [2.75, 3.05) is 13.6 Å². The molecule has 1 saturated heterocycles. The third-order valence-corrected chi connectivity index (χ3v) is 4.77. The van der Waals surface area contributed by atoms with E-state index in [4.69, 9.17) is 0 Å². The van der Waals surface area contributed by atoms with E-state index < -0.39 is 0 Å². The molecule has 1 aliphatic carbocycles. The minimum absolute atomic E-state index is 0.0756. The number of amides is 1. The van der Waals surface area contributed by atoms with Crippen LogP contribution in [0.1, 0.15) is 58.3 Å². The average molecular weight is 252 g/mol. The van der Waals surface area contributed by atoms with E-state index in [2.05, 4.69) is 12.2 Å². The molecule has 0 aromatic carbocycles. The van der Waals surface area contributed by atoms with E-state index in [-0.39, 0.29) is 6.04 Å². The number of hydrogen-bond donors (Lipinski definition) is 1. The molecule has 2 aliphatic rings. The Bertz CT molecular complexity index is 272. The number of nitrogens with one attached hydrogen (secondary N) is 1. The molecule has 3 heteroatoms. The summed E-state index contributed by atoms with van der Waals surface area (Å²) >= 11 is 0. The first kappa shape index (κ1) is 13.9. The van der Waals surface area contributed by atoms with E-state index in [0.717, 1.165) is 13.0 Å². The Morgan fingerprint density at radius 3 is 2.56 bits per heavy atom. The average Bonchev–Trinajstić information content (AvgIpc) is 2.66. The lowest BCUT2D eigenvalue weighted by Gasteiger charge is -2.38. The Labute approximate surface area is 111 Å². The van der Waals surface area contributed by atoms with E-state index in [0.29, 0.717) is 17.9 Å². The number of rotatable bonds is 2. The fraction of sp³-hybridized carbons (Fsp3) is 0.933. The number of likely N-dealkylation sites (N-methyl/N-ethyl adjacent to an activating group) is 1. The lowest BCUT2D eigenvalue weighted by atomic mass is 9.85. The molecule has 3 unspecified atom stereocenters. The molecule has 2 rings (SSSR count). The van der Waals surface area contributed by atoms with Gasteiger partial charge in [0.1, 0.15) is 0 Å². The molecule has 1 saturated carbocycles. The van der Waals surface area contributed by atoms with Crippen LogP contribution in [0.2, 0.25) is 0 Å². The summed E-state index contributed by atoms with van der Waals surface area (Å²) in [6.07, 6.45) is 9.78. The molecule has 1 aliphatic heterocycles. The van der Waals surface area contributed by atoms with Crippen LogP contribution in [0.25, 0.3) is 0 Å². The molecule has 18 heavy (non-hydrogen) atoms. The van der Waals surface area contributed by atoms with Gasteiger partial charge in [-0.25, -0.2) is 0 Å². The summed E-state index contributed by atoms with van der Waals surface area (Å²) < 4.78 is 0. The first-order chi connectivity index (χ1) is 8.70. The van der Waals surface area contributed by atoms with Crippen molar-refractivity contribution in [3.05, 3.63) is 0 Å². The molecule has 0 aromatic heterocycles. The predicted molar refractivity (Wildman–Crippen MR) is 74.4 cm³/mol. The molecule has 0 aromatic rings. The minimum atomic E-state index is 0.0756. The summed E-state index contributed by atoms with van der Waals surface area (Å²) in [6.45, 7) is 3.30. The number of carbonyl (C=O) groups excluding carboxylic acids is 1. The van der Waals surface area contributed by atoms with Gasteiger partial charge in [-0.05, 0) is 38.1 Å². The van der Waals surface area contributed by atoms with Crippen LogP contribution in [-0.4, -0.2) is 36.5 Å². The Hall–Kier alpha value is -0.570. The van der Waals surface area contributed by atoms with Gasteiger partial charge in [0, 0.05) is 13.1 Å². The minimum Gasteiger partial charge on any atom is -0.341 e. The first-order valence-corrected chi connectivity index (χ1v) is 7.70. The number of nitrogens with zero attached hydrogens (tertiary/aromatic N) is 1. The molecule has 1 amide bonds. The second kappa shape index (κ2) is 6.55. The number of hydrogen-bond acceptors (Lipinski definition) is 2. The highest BCUT2D eigenvalue weighted by Gasteiger charge is 2.31. The quantitative estimate of drug-likeness (QED) is 0.819. The van der Waals surface area contributed by atoms with E-state index in [1.54, 1.807) is 0 Å². The van der Waals surface area contributed by atoms with Crippen molar-refractivity contribution in [2.24, 2.45) is 5.92 Å². The molecule has 0 radical (unpaired) electrons. The maximum atomic E-state index is 12.6. The van der Waals surface area contributed by atoms with Gasteiger partial charge >= 0.3 is 0 Å². The number of carbonyl (C=O) groups is 1. The molecule has 0 spiro atoms. The standard InChI is InChI=1S/C15H28N2O/c1-12-8-5-6-10-14(12)17(2)15(18)13-9-4-3-7-11-16-13/h12-14,16H,3-11H2,1-2H3. The Morgan fingerprint density at radius 1 is 1.06 bits per heavy atom. The fourth-order valence-electron chi connectivity index (χ4n) is 3.52. The molecule has 0 bridgehead atoms. The summed E-state index contributed by atoms with van der Waals surface area (Å²) in [7, 11) is 2.02. The summed E-state index contributed by atoms with van der Waals surface area (Å²) in [5.74, 6) is 0.995. The molecule has 3 nitrogen and oxygen atoms in total. The van der Waals surface area contributed by atoms with Crippen molar-refractivity contribution in [3.63, 3.8) is 0 Å². The van der Waals surface area contributed by atoms with Crippen LogP contribution in [0, 0.1) is 5.92 Å². The highest BCUT2D eigenvalue weighted by Crippen LogP contribution is 2.28. The lowest BCUT2D eigenvalue weighted by Crippen LogP contribution is -2.50. The van der Waals surface area contributed by atoms with Gasteiger partial charge in [0.2, 0.25) is 5.91 Å². The van der Waals surface area contributed by atoms with Crippen LogP contribution in [0.5, 0.6) is 0 Å². The summed E-state index contributed by atoms with van der Waals surface area (Å²) in [5, 5.41) is 3.42. The molecule has 1 heterocycles. The molecule has 104 valence electrons. The second-order valence-electron chi connectivity index (χ2n) is 6.13. The van der Waals surface area contributed by atoms with Gasteiger partial charge < -0.3 is 10.2 Å². The van der Waals surface area contributed by atoms with Crippen LogP contribution in [0.3, 0.4) is 0 Å². The highest BCUT2D eigenvalue weighted by atomic mass is 16.2. The summed E-state index contributed by atoms with van der Waals surface area (Å²) in [5.41, 5.74) is 0. The zero-order chi connectivity index (χ0) is 13.0. The van der Waals surface area contributed by atoms with Crippen molar-refractivity contribution in [3.8, 4) is 0 Å². The van der Waals surface area contributed by atoms with Crippen LogP contribution >= 0.6 is 0 Å². The normalized spacial score (nSPS) is 33.8. The van der Waals surface area contributed by atoms with Gasteiger partial charge in [-0.15, -0.1) is 0 Å². The smallest absolute Gasteiger partial charge is 0.239 e. The molecule has 2 fully saturated rings. The van der Waals surface area contributed by atoms with Gasteiger partial charge in [-0.2, -0.15) is 0 Å². The third kappa shape index (κ3) is 3.25. The Kier molecular flexibility index (Phi) is 5.04. The monoisotopic (exact) mass is 252 g/mol. The summed E-state index contributed by atoms with van der Waals surface area (Å²) in [6, 6.07) is 0.544. The summed E-state index contributed by atoms with van der Waals surface area (Å²) in [4.78, 5) is 14.6. The van der Waals surface area contributed by atoms with Crippen LogP contribution in [0.4, 0.5) is 0 Å². The van der Waals surface area contributed by atoms with Crippen molar-refractivity contribution in [2.45, 2.75) is 70.4 Å². The van der Waals surface area contributed by atoms with Crippen molar-refractivity contribution in [1.82, 2.24) is 10.2 Å². The van der Waals surface area contributed by atoms with Crippen LogP contribution in [-0.2, 0) is 4.79 Å². The Balaban J connectivity index is 1.93. The zero-order valence-corrected chi connectivity index (χ0v) is 12.0. The molecule has 1 N–H and O–H groups in total. The van der Waals surface area contributed by atoms with Crippen LogP contribution < -0.4 is 5.32 Å².